The lowest BCUT2D eigenvalue weighted by Crippen LogP contribution is -2.18. The minimum Gasteiger partial charge on any atom is -0.378 e. The lowest BCUT2D eigenvalue weighted by molar-refractivity contribution is 0.668. The van der Waals surface area contributed by atoms with Gasteiger partial charge in [-0.25, -0.2) is 0 Å². The van der Waals surface area contributed by atoms with E-state index >= 15 is 0 Å². The van der Waals surface area contributed by atoms with Gasteiger partial charge in [0.05, 0.1) is 6.04 Å². The second kappa shape index (κ2) is 4.94. The standard InChI is InChI=1S/C15H13BrClN/c16-11-7-5-10-6-8-14(18-15(10)9-11)12-3-1-2-4-13(12)17/h1-5,7,9,14,18H,6,8H2. The molecular formula is C15H13BrClN. The Hall–Kier alpha value is -0.990. The second-order valence-electron chi connectivity index (χ2n) is 4.56. The van der Waals surface area contributed by atoms with Gasteiger partial charge in [0.15, 0.2) is 0 Å². The van der Waals surface area contributed by atoms with Crippen LogP contribution in [0.5, 0.6) is 0 Å². The summed E-state index contributed by atoms with van der Waals surface area (Å²) in [6.07, 6.45) is 2.17. The zero-order chi connectivity index (χ0) is 12.5. The van der Waals surface area contributed by atoms with E-state index in [1.807, 2.05) is 18.2 Å². The van der Waals surface area contributed by atoms with Crippen molar-refractivity contribution in [1.82, 2.24) is 0 Å². The molecule has 0 radical (unpaired) electrons. The molecule has 1 nitrogen and oxygen atoms in total. The maximum atomic E-state index is 6.27. The van der Waals surface area contributed by atoms with Gasteiger partial charge in [-0.2, -0.15) is 0 Å². The molecule has 0 spiro atoms. The fourth-order valence-electron chi connectivity index (χ4n) is 2.45. The van der Waals surface area contributed by atoms with E-state index in [9.17, 15) is 0 Å². The minimum atomic E-state index is 0.306. The molecule has 2 aromatic carbocycles. The molecule has 0 aliphatic carbocycles. The van der Waals surface area contributed by atoms with E-state index in [0.29, 0.717) is 6.04 Å². The van der Waals surface area contributed by atoms with E-state index in [1.54, 1.807) is 0 Å². The van der Waals surface area contributed by atoms with Crippen molar-refractivity contribution in [3.05, 3.63) is 63.1 Å². The van der Waals surface area contributed by atoms with E-state index in [2.05, 4.69) is 45.5 Å². The van der Waals surface area contributed by atoms with Gasteiger partial charge in [0.2, 0.25) is 0 Å². The van der Waals surface area contributed by atoms with Gasteiger partial charge in [-0.1, -0.05) is 51.8 Å². The number of hydrogen-bond donors (Lipinski definition) is 1. The summed E-state index contributed by atoms with van der Waals surface area (Å²) in [5, 5.41) is 4.42. The van der Waals surface area contributed by atoms with Crippen LogP contribution in [-0.4, -0.2) is 0 Å². The smallest absolute Gasteiger partial charge is 0.0531 e. The molecule has 18 heavy (non-hydrogen) atoms. The van der Waals surface area contributed by atoms with Crippen molar-refractivity contribution in [3.63, 3.8) is 0 Å². The highest BCUT2D eigenvalue weighted by molar-refractivity contribution is 9.10. The van der Waals surface area contributed by atoms with E-state index in [-0.39, 0.29) is 0 Å². The van der Waals surface area contributed by atoms with Gasteiger partial charge < -0.3 is 5.32 Å². The number of aryl methyl sites for hydroxylation is 1. The number of fused-ring (bicyclic) bond motifs is 1. The van der Waals surface area contributed by atoms with E-state index in [0.717, 1.165) is 22.3 Å². The number of halogens is 2. The first-order valence-corrected chi connectivity index (χ1v) is 7.20. The SMILES string of the molecule is Clc1ccccc1C1CCc2ccc(Br)cc2N1. The minimum absolute atomic E-state index is 0.306. The lowest BCUT2D eigenvalue weighted by atomic mass is 9.93. The van der Waals surface area contributed by atoms with Crippen molar-refractivity contribution in [2.75, 3.05) is 5.32 Å². The zero-order valence-corrected chi connectivity index (χ0v) is 12.1. The monoisotopic (exact) mass is 321 g/mol. The predicted molar refractivity (Wildman–Crippen MR) is 80.3 cm³/mol. The molecule has 0 bridgehead atoms. The van der Waals surface area contributed by atoms with Crippen LogP contribution in [0.4, 0.5) is 5.69 Å². The molecular weight excluding hydrogens is 310 g/mol. The van der Waals surface area contributed by atoms with Crippen LogP contribution in [0, 0.1) is 0 Å². The van der Waals surface area contributed by atoms with Gasteiger partial charge in [-0.05, 0) is 42.2 Å². The van der Waals surface area contributed by atoms with Crippen molar-refractivity contribution in [2.24, 2.45) is 0 Å². The highest BCUT2D eigenvalue weighted by Crippen LogP contribution is 2.36. The van der Waals surface area contributed by atoms with Crippen molar-refractivity contribution >= 4 is 33.2 Å². The van der Waals surface area contributed by atoms with Crippen molar-refractivity contribution in [1.29, 1.82) is 0 Å². The van der Waals surface area contributed by atoms with E-state index < -0.39 is 0 Å². The van der Waals surface area contributed by atoms with Crippen molar-refractivity contribution in [2.45, 2.75) is 18.9 Å². The topological polar surface area (TPSA) is 12.0 Å². The third-order valence-electron chi connectivity index (χ3n) is 3.38. The Kier molecular flexibility index (Phi) is 3.31. The highest BCUT2D eigenvalue weighted by atomic mass is 79.9. The third-order valence-corrected chi connectivity index (χ3v) is 4.22. The maximum Gasteiger partial charge on any atom is 0.0531 e. The fourth-order valence-corrected chi connectivity index (χ4v) is 3.08. The summed E-state index contributed by atoms with van der Waals surface area (Å²) >= 11 is 9.78. The van der Waals surface area contributed by atoms with E-state index in [4.69, 9.17) is 11.6 Å². The van der Waals surface area contributed by atoms with Gasteiger partial charge in [0, 0.05) is 15.2 Å². The molecule has 3 rings (SSSR count). The van der Waals surface area contributed by atoms with Crippen LogP contribution in [0.1, 0.15) is 23.6 Å². The molecule has 1 unspecified atom stereocenters. The molecule has 1 N–H and O–H groups in total. The summed E-state index contributed by atoms with van der Waals surface area (Å²) in [6, 6.07) is 14.8. The average molecular weight is 323 g/mol. The highest BCUT2D eigenvalue weighted by Gasteiger charge is 2.20. The molecule has 2 aromatic rings. The predicted octanol–water partition coefficient (Wildman–Crippen LogP) is 5.20. The summed E-state index contributed by atoms with van der Waals surface area (Å²) in [5.41, 5.74) is 3.77. The molecule has 0 aromatic heterocycles. The van der Waals surface area contributed by atoms with Gasteiger partial charge in [0.25, 0.3) is 0 Å². The van der Waals surface area contributed by atoms with Gasteiger partial charge in [0.1, 0.15) is 0 Å². The third kappa shape index (κ3) is 2.27. The molecule has 1 aliphatic heterocycles. The van der Waals surface area contributed by atoms with Crippen LogP contribution in [-0.2, 0) is 6.42 Å². The van der Waals surface area contributed by atoms with Crippen LogP contribution in [0.25, 0.3) is 0 Å². The largest absolute Gasteiger partial charge is 0.378 e. The molecule has 3 heteroatoms. The van der Waals surface area contributed by atoms with Crippen LogP contribution in [0.15, 0.2) is 46.9 Å². The fraction of sp³-hybridized carbons (Fsp3) is 0.200. The quantitative estimate of drug-likeness (QED) is 0.760. The Morgan fingerprint density at radius 2 is 2.00 bits per heavy atom. The number of nitrogens with one attached hydrogen (secondary N) is 1. The maximum absolute atomic E-state index is 6.27. The molecule has 92 valence electrons. The summed E-state index contributed by atoms with van der Waals surface area (Å²) < 4.78 is 1.11. The van der Waals surface area contributed by atoms with Gasteiger partial charge >= 0.3 is 0 Å². The molecule has 0 amide bonds. The molecule has 0 saturated carbocycles. The first-order chi connectivity index (χ1) is 8.74. The molecule has 1 heterocycles. The summed E-state index contributed by atoms with van der Waals surface area (Å²) in [5.74, 6) is 0. The van der Waals surface area contributed by atoms with Gasteiger partial charge in [-0.15, -0.1) is 0 Å². The zero-order valence-electron chi connectivity index (χ0n) is 9.79. The van der Waals surface area contributed by atoms with Crippen LogP contribution in [0.2, 0.25) is 5.02 Å². The van der Waals surface area contributed by atoms with Crippen molar-refractivity contribution < 1.29 is 0 Å². The van der Waals surface area contributed by atoms with Crippen LogP contribution in [0.3, 0.4) is 0 Å². The average Bonchev–Trinajstić information content (AvgIpc) is 2.38. The Balaban J connectivity index is 1.93. The molecule has 0 saturated heterocycles. The molecule has 1 atom stereocenters. The first kappa shape index (κ1) is 12.1. The second-order valence-corrected chi connectivity index (χ2v) is 5.88. The van der Waals surface area contributed by atoms with Gasteiger partial charge in [-0.3, -0.25) is 0 Å². The van der Waals surface area contributed by atoms with Crippen LogP contribution >= 0.6 is 27.5 Å². The Labute approximate surface area is 120 Å². The molecule has 1 aliphatic rings. The number of hydrogen-bond acceptors (Lipinski definition) is 1. The summed E-state index contributed by atoms with van der Waals surface area (Å²) in [6.45, 7) is 0. The Morgan fingerprint density at radius 1 is 1.17 bits per heavy atom. The number of benzene rings is 2. The molecule has 0 fully saturated rings. The van der Waals surface area contributed by atoms with Crippen molar-refractivity contribution in [3.8, 4) is 0 Å². The number of anilines is 1. The summed E-state index contributed by atoms with van der Waals surface area (Å²) in [7, 11) is 0. The Bertz CT molecular complexity index is 582. The summed E-state index contributed by atoms with van der Waals surface area (Å²) in [4.78, 5) is 0. The number of rotatable bonds is 1. The normalized spacial score (nSPS) is 18.0. The van der Waals surface area contributed by atoms with Crippen LogP contribution < -0.4 is 5.32 Å². The lowest BCUT2D eigenvalue weighted by Gasteiger charge is -2.28. The Morgan fingerprint density at radius 3 is 2.83 bits per heavy atom. The van der Waals surface area contributed by atoms with E-state index in [1.165, 1.54) is 16.8 Å². The first-order valence-electron chi connectivity index (χ1n) is 6.03.